The molecule has 0 radical (unpaired) electrons. The van der Waals surface area contributed by atoms with Gasteiger partial charge in [0.15, 0.2) is 0 Å². The second kappa shape index (κ2) is 4.95. The first-order chi connectivity index (χ1) is 6.99. The van der Waals surface area contributed by atoms with Crippen LogP contribution in [0.2, 0.25) is 5.15 Å². The lowest BCUT2D eigenvalue weighted by Crippen LogP contribution is -2.03. The zero-order valence-corrected chi connectivity index (χ0v) is 9.05. The van der Waals surface area contributed by atoms with E-state index in [1.54, 1.807) is 0 Å². The van der Waals surface area contributed by atoms with Crippen LogP contribution >= 0.6 is 23.2 Å². The third-order valence-corrected chi connectivity index (χ3v) is 1.78. The standard InChI is InChI=1S/C8H7Cl2N3O2/c1-5(9)4-11-8-3-6(13(14)15)2-7(10)12-8/h2-3H,1,4H2,(H,11,12). The molecule has 15 heavy (non-hydrogen) atoms. The quantitative estimate of drug-likeness (QED) is 0.505. The van der Waals surface area contributed by atoms with Crippen molar-refractivity contribution in [2.45, 2.75) is 0 Å². The predicted molar refractivity (Wildman–Crippen MR) is 59.4 cm³/mol. The van der Waals surface area contributed by atoms with Crippen LogP contribution in [0.15, 0.2) is 23.7 Å². The van der Waals surface area contributed by atoms with Crippen LogP contribution in [0.25, 0.3) is 0 Å². The number of aromatic nitrogens is 1. The van der Waals surface area contributed by atoms with Crippen molar-refractivity contribution < 1.29 is 4.92 Å². The normalized spacial score (nSPS) is 9.73. The molecule has 0 fully saturated rings. The number of nitro groups is 1. The van der Waals surface area contributed by atoms with Gasteiger partial charge in [-0.05, 0) is 0 Å². The summed E-state index contributed by atoms with van der Waals surface area (Å²) < 4.78 is 0. The van der Waals surface area contributed by atoms with E-state index in [0.717, 1.165) is 0 Å². The van der Waals surface area contributed by atoms with E-state index in [4.69, 9.17) is 23.2 Å². The van der Waals surface area contributed by atoms with Crippen LogP contribution < -0.4 is 5.32 Å². The summed E-state index contributed by atoms with van der Waals surface area (Å²) in [5, 5.41) is 13.7. The number of hydrogen-bond donors (Lipinski definition) is 1. The number of halogens is 2. The van der Waals surface area contributed by atoms with E-state index in [9.17, 15) is 10.1 Å². The van der Waals surface area contributed by atoms with Gasteiger partial charge in [0.1, 0.15) is 11.0 Å². The highest BCUT2D eigenvalue weighted by atomic mass is 35.5. The Morgan fingerprint density at radius 3 is 2.87 bits per heavy atom. The fraction of sp³-hybridized carbons (Fsp3) is 0.125. The molecule has 1 N–H and O–H groups in total. The van der Waals surface area contributed by atoms with Gasteiger partial charge in [0.2, 0.25) is 0 Å². The van der Waals surface area contributed by atoms with Crippen molar-refractivity contribution in [3.05, 3.63) is 39.0 Å². The lowest BCUT2D eigenvalue weighted by molar-refractivity contribution is -0.384. The number of pyridine rings is 1. The van der Waals surface area contributed by atoms with E-state index in [0.29, 0.717) is 5.03 Å². The van der Waals surface area contributed by atoms with E-state index in [-0.39, 0.29) is 23.2 Å². The van der Waals surface area contributed by atoms with Crippen molar-refractivity contribution in [3.63, 3.8) is 0 Å². The Balaban J connectivity index is 2.88. The summed E-state index contributed by atoms with van der Waals surface area (Å²) in [6, 6.07) is 2.44. The zero-order chi connectivity index (χ0) is 11.4. The largest absolute Gasteiger partial charge is 0.365 e. The van der Waals surface area contributed by atoms with Gasteiger partial charge in [0.25, 0.3) is 5.69 Å². The molecule has 5 nitrogen and oxygen atoms in total. The molecule has 0 aliphatic rings. The highest BCUT2D eigenvalue weighted by Crippen LogP contribution is 2.20. The molecule has 0 spiro atoms. The van der Waals surface area contributed by atoms with E-state index < -0.39 is 4.92 Å². The average Bonchev–Trinajstić information content (AvgIpc) is 2.13. The molecule has 1 heterocycles. The molecule has 0 atom stereocenters. The first-order valence-electron chi connectivity index (χ1n) is 3.88. The lowest BCUT2D eigenvalue weighted by Gasteiger charge is -2.03. The van der Waals surface area contributed by atoms with Crippen LogP contribution in [0.5, 0.6) is 0 Å². The molecule has 0 aromatic carbocycles. The van der Waals surface area contributed by atoms with Gasteiger partial charge in [0.05, 0.1) is 23.6 Å². The van der Waals surface area contributed by atoms with Crippen LogP contribution in [-0.4, -0.2) is 16.5 Å². The average molecular weight is 248 g/mol. The Morgan fingerprint density at radius 1 is 1.67 bits per heavy atom. The number of hydrogen-bond acceptors (Lipinski definition) is 4. The lowest BCUT2D eigenvalue weighted by atomic mass is 10.4. The van der Waals surface area contributed by atoms with Gasteiger partial charge in [0, 0.05) is 5.03 Å². The van der Waals surface area contributed by atoms with Gasteiger partial charge in [-0.15, -0.1) is 0 Å². The minimum absolute atomic E-state index is 0.0480. The van der Waals surface area contributed by atoms with Gasteiger partial charge >= 0.3 is 0 Å². The Hall–Kier alpha value is -1.33. The minimum atomic E-state index is -0.547. The molecule has 7 heteroatoms. The van der Waals surface area contributed by atoms with Crippen molar-refractivity contribution in [1.29, 1.82) is 0 Å². The fourth-order valence-corrected chi connectivity index (χ4v) is 1.14. The van der Waals surface area contributed by atoms with Gasteiger partial charge in [-0.1, -0.05) is 29.8 Å². The van der Waals surface area contributed by atoms with E-state index in [1.807, 2.05) is 0 Å². The van der Waals surface area contributed by atoms with Crippen molar-refractivity contribution in [3.8, 4) is 0 Å². The van der Waals surface area contributed by atoms with Crippen LogP contribution in [0.1, 0.15) is 0 Å². The van der Waals surface area contributed by atoms with Gasteiger partial charge < -0.3 is 5.32 Å². The summed E-state index contributed by atoms with van der Waals surface area (Å²) in [6.45, 7) is 3.73. The summed E-state index contributed by atoms with van der Waals surface area (Å²) in [7, 11) is 0. The first-order valence-corrected chi connectivity index (χ1v) is 4.64. The number of nitrogens with one attached hydrogen (secondary N) is 1. The van der Waals surface area contributed by atoms with Crippen molar-refractivity contribution in [2.75, 3.05) is 11.9 Å². The minimum Gasteiger partial charge on any atom is -0.365 e. The summed E-state index contributed by atoms with van der Waals surface area (Å²) in [5.74, 6) is 0.288. The SMILES string of the molecule is C=C(Cl)CNc1cc([N+](=O)[O-])cc(Cl)n1. The van der Waals surface area contributed by atoms with E-state index in [1.165, 1.54) is 12.1 Å². The molecule has 0 amide bonds. The molecule has 0 bridgehead atoms. The summed E-state index contributed by atoms with van der Waals surface area (Å²) in [4.78, 5) is 13.8. The molecule has 1 aromatic heterocycles. The molecule has 1 rings (SSSR count). The third kappa shape index (κ3) is 3.73. The number of nitrogens with zero attached hydrogens (tertiary/aromatic N) is 2. The van der Waals surface area contributed by atoms with Gasteiger partial charge in [-0.2, -0.15) is 0 Å². The van der Waals surface area contributed by atoms with Crippen molar-refractivity contribution in [2.24, 2.45) is 0 Å². The van der Waals surface area contributed by atoms with Gasteiger partial charge in [-0.25, -0.2) is 4.98 Å². The maximum Gasteiger partial charge on any atom is 0.276 e. The summed E-state index contributed by atoms with van der Waals surface area (Å²) >= 11 is 11.1. The molecule has 0 saturated heterocycles. The predicted octanol–water partition coefficient (Wildman–Crippen LogP) is 2.81. The van der Waals surface area contributed by atoms with Crippen molar-refractivity contribution >= 4 is 34.7 Å². The molecule has 0 aliphatic heterocycles. The summed E-state index contributed by atoms with van der Waals surface area (Å²) in [6.07, 6.45) is 0. The molecule has 1 aromatic rings. The molecular weight excluding hydrogens is 241 g/mol. The fourth-order valence-electron chi connectivity index (χ4n) is 0.866. The second-order valence-corrected chi connectivity index (χ2v) is 3.58. The molecular formula is C8H7Cl2N3O2. The molecule has 0 unspecified atom stereocenters. The number of anilines is 1. The first kappa shape index (κ1) is 11.7. The van der Waals surface area contributed by atoms with Crippen LogP contribution in [0, 0.1) is 10.1 Å². The van der Waals surface area contributed by atoms with E-state index in [2.05, 4.69) is 16.9 Å². The zero-order valence-electron chi connectivity index (χ0n) is 7.54. The highest BCUT2D eigenvalue weighted by molar-refractivity contribution is 6.30. The van der Waals surface area contributed by atoms with Crippen LogP contribution in [-0.2, 0) is 0 Å². The van der Waals surface area contributed by atoms with Crippen molar-refractivity contribution in [1.82, 2.24) is 4.98 Å². The summed E-state index contributed by atoms with van der Waals surface area (Å²) in [5.41, 5.74) is -0.127. The number of rotatable bonds is 4. The monoisotopic (exact) mass is 247 g/mol. The Morgan fingerprint density at radius 2 is 2.33 bits per heavy atom. The van der Waals surface area contributed by atoms with Gasteiger partial charge in [-0.3, -0.25) is 10.1 Å². The smallest absolute Gasteiger partial charge is 0.276 e. The maximum absolute atomic E-state index is 10.5. The Labute approximate surface area is 95.9 Å². The topological polar surface area (TPSA) is 68.1 Å². The maximum atomic E-state index is 10.5. The molecule has 80 valence electrons. The Bertz CT molecular complexity index is 409. The molecule has 0 aliphatic carbocycles. The second-order valence-electron chi connectivity index (χ2n) is 2.66. The van der Waals surface area contributed by atoms with Crippen LogP contribution in [0.3, 0.4) is 0 Å². The molecule has 0 saturated carbocycles. The highest BCUT2D eigenvalue weighted by Gasteiger charge is 2.09. The van der Waals surface area contributed by atoms with E-state index >= 15 is 0 Å². The Kier molecular flexibility index (Phi) is 3.88. The van der Waals surface area contributed by atoms with Crippen LogP contribution in [0.4, 0.5) is 11.5 Å². The third-order valence-electron chi connectivity index (χ3n) is 1.45.